The van der Waals surface area contributed by atoms with Crippen LogP contribution in [-0.2, 0) is 6.54 Å². The Hall–Kier alpha value is -2.37. The zero-order chi connectivity index (χ0) is 14.4. The van der Waals surface area contributed by atoms with Gasteiger partial charge < -0.3 is 14.6 Å². The average Bonchev–Trinajstić information content (AvgIpc) is 3.00. The number of amides is 1. The lowest BCUT2D eigenvalue weighted by molar-refractivity contribution is 0.0767. The second-order valence-electron chi connectivity index (χ2n) is 4.20. The van der Waals surface area contributed by atoms with E-state index in [0.717, 1.165) is 5.76 Å². The average molecular weight is 274 g/mol. The molecule has 6 heteroatoms. The van der Waals surface area contributed by atoms with E-state index < -0.39 is 0 Å². The smallest absolute Gasteiger partial charge is 0.272 e. The van der Waals surface area contributed by atoms with Crippen LogP contribution in [0, 0.1) is 0 Å². The summed E-state index contributed by atoms with van der Waals surface area (Å²) in [6, 6.07) is 5.35. The predicted octanol–water partition coefficient (Wildman–Crippen LogP) is 2.16. The van der Waals surface area contributed by atoms with E-state index in [-0.39, 0.29) is 5.91 Å². The SMILES string of the molecule is CCN(CC)C(=O)c1cc(NCc2ccco2)ncn1. The Morgan fingerprint density at radius 1 is 1.35 bits per heavy atom. The van der Waals surface area contributed by atoms with Gasteiger partial charge in [-0.2, -0.15) is 0 Å². The minimum absolute atomic E-state index is 0.0848. The van der Waals surface area contributed by atoms with Gasteiger partial charge in [0.25, 0.3) is 5.91 Å². The number of carbonyl (C=O) groups excluding carboxylic acids is 1. The van der Waals surface area contributed by atoms with Crippen molar-refractivity contribution in [1.29, 1.82) is 0 Å². The van der Waals surface area contributed by atoms with E-state index >= 15 is 0 Å². The fraction of sp³-hybridized carbons (Fsp3) is 0.357. The molecule has 0 spiro atoms. The van der Waals surface area contributed by atoms with Gasteiger partial charge in [-0.15, -0.1) is 0 Å². The molecule has 2 aromatic rings. The molecule has 2 aromatic heterocycles. The van der Waals surface area contributed by atoms with Crippen LogP contribution in [0.2, 0.25) is 0 Å². The Morgan fingerprint density at radius 2 is 2.15 bits per heavy atom. The van der Waals surface area contributed by atoms with E-state index in [1.165, 1.54) is 6.33 Å². The molecule has 0 aromatic carbocycles. The number of rotatable bonds is 6. The second kappa shape index (κ2) is 6.70. The van der Waals surface area contributed by atoms with Crippen molar-refractivity contribution in [1.82, 2.24) is 14.9 Å². The van der Waals surface area contributed by atoms with Crippen molar-refractivity contribution in [3.63, 3.8) is 0 Å². The molecule has 0 bridgehead atoms. The van der Waals surface area contributed by atoms with Gasteiger partial charge in [-0.05, 0) is 26.0 Å². The lowest BCUT2D eigenvalue weighted by Crippen LogP contribution is -2.31. The Labute approximate surface area is 117 Å². The predicted molar refractivity (Wildman–Crippen MR) is 75.3 cm³/mol. The molecule has 20 heavy (non-hydrogen) atoms. The summed E-state index contributed by atoms with van der Waals surface area (Å²) in [5.74, 6) is 1.32. The quantitative estimate of drug-likeness (QED) is 0.874. The highest BCUT2D eigenvalue weighted by molar-refractivity contribution is 5.92. The number of furan rings is 1. The first-order valence-electron chi connectivity index (χ1n) is 6.62. The molecule has 106 valence electrons. The Balaban J connectivity index is 2.05. The van der Waals surface area contributed by atoms with Crippen molar-refractivity contribution in [3.05, 3.63) is 42.2 Å². The molecule has 0 aliphatic heterocycles. The monoisotopic (exact) mass is 274 g/mol. The van der Waals surface area contributed by atoms with Crippen LogP contribution in [0.25, 0.3) is 0 Å². The highest BCUT2D eigenvalue weighted by Crippen LogP contribution is 2.09. The van der Waals surface area contributed by atoms with Crippen LogP contribution in [-0.4, -0.2) is 33.9 Å². The van der Waals surface area contributed by atoms with Crippen molar-refractivity contribution in [3.8, 4) is 0 Å². The van der Waals surface area contributed by atoms with Gasteiger partial charge in [-0.1, -0.05) is 0 Å². The van der Waals surface area contributed by atoms with E-state index in [4.69, 9.17) is 4.42 Å². The molecular formula is C14H18N4O2. The van der Waals surface area contributed by atoms with Crippen LogP contribution in [0.5, 0.6) is 0 Å². The Morgan fingerprint density at radius 3 is 2.80 bits per heavy atom. The van der Waals surface area contributed by atoms with Crippen molar-refractivity contribution in [2.75, 3.05) is 18.4 Å². The van der Waals surface area contributed by atoms with Crippen molar-refractivity contribution in [2.24, 2.45) is 0 Å². The summed E-state index contributed by atoms with van der Waals surface area (Å²) in [6.07, 6.45) is 3.01. The van der Waals surface area contributed by atoms with Gasteiger partial charge in [0, 0.05) is 19.2 Å². The molecular weight excluding hydrogens is 256 g/mol. The third kappa shape index (κ3) is 3.34. The number of carbonyl (C=O) groups is 1. The first kappa shape index (κ1) is 14.0. The van der Waals surface area contributed by atoms with E-state index in [1.807, 2.05) is 26.0 Å². The molecule has 2 rings (SSSR count). The summed E-state index contributed by atoms with van der Waals surface area (Å²) >= 11 is 0. The Kier molecular flexibility index (Phi) is 4.70. The largest absolute Gasteiger partial charge is 0.467 e. The third-order valence-electron chi connectivity index (χ3n) is 2.96. The van der Waals surface area contributed by atoms with Crippen LogP contribution in [0.1, 0.15) is 30.1 Å². The van der Waals surface area contributed by atoms with Crippen LogP contribution < -0.4 is 5.32 Å². The van der Waals surface area contributed by atoms with Crippen molar-refractivity contribution < 1.29 is 9.21 Å². The first-order valence-corrected chi connectivity index (χ1v) is 6.62. The number of anilines is 1. The molecule has 0 saturated heterocycles. The number of aromatic nitrogens is 2. The second-order valence-corrected chi connectivity index (χ2v) is 4.20. The summed E-state index contributed by atoms with van der Waals surface area (Å²) in [5, 5.41) is 3.10. The lowest BCUT2D eigenvalue weighted by Gasteiger charge is -2.18. The molecule has 0 aliphatic rings. The molecule has 0 fully saturated rings. The van der Waals surface area contributed by atoms with Crippen molar-refractivity contribution >= 4 is 11.7 Å². The van der Waals surface area contributed by atoms with Gasteiger partial charge in [0.15, 0.2) is 0 Å². The zero-order valence-corrected chi connectivity index (χ0v) is 11.7. The molecule has 1 amide bonds. The van der Waals surface area contributed by atoms with Gasteiger partial charge in [0.1, 0.15) is 23.6 Å². The molecule has 0 radical (unpaired) electrons. The summed E-state index contributed by atoms with van der Waals surface area (Å²) in [5.41, 5.74) is 0.394. The fourth-order valence-electron chi connectivity index (χ4n) is 1.83. The molecule has 0 atom stereocenters. The van der Waals surface area contributed by atoms with Crippen molar-refractivity contribution in [2.45, 2.75) is 20.4 Å². The van der Waals surface area contributed by atoms with Crippen LogP contribution in [0.4, 0.5) is 5.82 Å². The van der Waals surface area contributed by atoms with Crippen LogP contribution in [0.15, 0.2) is 35.2 Å². The lowest BCUT2D eigenvalue weighted by atomic mass is 10.3. The zero-order valence-electron chi connectivity index (χ0n) is 11.7. The van der Waals surface area contributed by atoms with Gasteiger partial charge in [-0.25, -0.2) is 9.97 Å². The summed E-state index contributed by atoms with van der Waals surface area (Å²) < 4.78 is 5.22. The number of hydrogen-bond acceptors (Lipinski definition) is 5. The van der Waals surface area contributed by atoms with Gasteiger partial charge >= 0.3 is 0 Å². The van der Waals surface area contributed by atoms with E-state index in [9.17, 15) is 4.79 Å². The molecule has 0 aliphatic carbocycles. The minimum Gasteiger partial charge on any atom is -0.467 e. The maximum atomic E-state index is 12.2. The highest BCUT2D eigenvalue weighted by atomic mass is 16.3. The summed E-state index contributed by atoms with van der Waals surface area (Å²) in [7, 11) is 0. The maximum absolute atomic E-state index is 12.2. The maximum Gasteiger partial charge on any atom is 0.272 e. The first-order chi connectivity index (χ1) is 9.74. The summed E-state index contributed by atoms with van der Waals surface area (Å²) in [4.78, 5) is 22.0. The van der Waals surface area contributed by atoms with E-state index in [0.29, 0.717) is 31.1 Å². The van der Waals surface area contributed by atoms with E-state index in [2.05, 4.69) is 15.3 Å². The number of hydrogen-bond donors (Lipinski definition) is 1. The van der Waals surface area contributed by atoms with Crippen LogP contribution >= 0.6 is 0 Å². The third-order valence-corrected chi connectivity index (χ3v) is 2.96. The molecule has 0 saturated carbocycles. The topological polar surface area (TPSA) is 71.3 Å². The molecule has 6 nitrogen and oxygen atoms in total. The van der Waals surface area contributed by atoms with Gasteiger partial charge in [-0.3, -0.25) is 4.79 Å². The fourth-order valence-corrected chi connectivity index (χ4v) is 1.83. The molecule has 2 heterocycles. The highest BCUT2D eigenvalue weighted by Gasteiger charge is 2.14. The van der Waals surface area contributed by atoms with E-state index in [1.54, 1.807) is 17.2 Å². The van der Waals surface area contributed by atoms with Gasteiger partial charge in [0.05, 0.1) is 12.8 Å². The number of nitrogens with one attached hydrogen (secondary N) is 1. The normalized spacial score (nSPS) is 10.3. The molecule has 1 N–H and O–H groups in total. The minimum atomic E-state index is -0.0848. The number of nitrogens with zero attached hydrogens (tertiary/aromatic N) is 3. The van der Waals surface area contributed by atoms with Gasteiger partial charge in [0.2, 0.25) is 0 Å². The van der Waals surface area contributed by atoms with Crippen LogP contribution in [0.3, 0.4) is 0 Å². The molecule has 0 unspecified atom stereocenters. The standard InChI is InChI=1S/C14H18N4O2/c1-3-18(4-2)14(19)12-8-13(17-10-16-12)15-9-11-6-5-7-20-11/h5-8,10H,3-4,9H2,1-2H3,(H,15,16,17). The Bertz CT molecular complexity index is 550. The summed E-state index contributed by atoms with van der Waals surface area (Å²) in [6.45, 7) is 5.73.